The number of hydrogen-bond acceptors (Lipinski definition) is 4. The maximum atomic E-state index is 14.0. The van der Waals surface area contributed by atoms with Crippen LogP contribution < -0.4 is 9.62 Å². The molecule has 0 bridgehead atoms. The van der Waals surface area contributed by atoms with E-state index < -0.39 is 10.0 Å². The van der Waals surface area contributed by atoms with Gasteiger partial charge in [-0.25, -0.2) is 12.8 Å². The van der Waals surface area contributed by atoms with Crippen LogP contribution >= 0.6 is 0 Å². The summed E-state index contributed by atoms with van der Waals surface area (Å²) in [5, 5.41) is 0. The van der Waals surface area contributed by atoms with Crippen molar-refractivity contribution in [3.05, 3.63) is 90.2 Å². The number of carbonyl (C=O) groups is 1. The normalized spacial score (nSPS) is 14.4. The Hall–Kier alpha value is -3.39. The lowest BCUT2D eigenvalue weighted by Crippen LogP contribution is -2.49. The van der Waals surface area contributed by atoms with Gasteiger partial charge >= 0.3 is 0 Å². The smallest absolute Gasteiger partial charge is 0.261 e. The number of nitrogens with one attached hydrogen (secondary N) is 1. The second kappa shape index (κ2) is 8.77. The van der Waals surface area contributed by atoms with E-state index in [1.165, 1.54) is 18.2 Å². The third kappa shape index (κ3) is 4.69. The van der Waals surface area contributed by atoms with Crippen LogP contribution in [0.15, 0.2) is 83.8 Å². The Morgan fingerprint density at radius 3 is 2.23 bits per heavy atom. The number of nitrogens with zero attached hydrogens (tertiary/aromatic N) is 2. The zero-order valence-electron chi connectivity index (χ0n) is 16.7. The number of rotatable bonds is 5. The lowest BCUT2D eigenvalue weighted by molar-refractivity contribution is 0.0746. The first-order chi connectivity index (χ1) is 14.9. The van der Waals surface area contributed by atoms with Gasteiger partial charge in [0.1, 0.15) is 5.82 Å². The van der Waals surface area contributed by atoms with Gasteiger partial charge in [-0.1, -0.05) is 36.4 Å². The quantitative estimate of drug-likeness (QED) is 0.660. The highest BCUT2D eigenvalue weighted by atomic mass is 32.2. The molecule has 0 unspecified atom stereocenters. The Balaban J connectivity index is 1.46. The second-order valence-corrected chi connectivity index (χ2v) is 8.91. The summed E-state index contributed by atoms with van der Waals surface area (Å²) in [6.45, 7) is 1.85. The Morgan fingerprint density at radius 2 is 1.52 bits per heavy atom. The highest BCUT2D eigenvalue weighted by Gasteiger charge is 2.24. The number of para-hydroxylation sites is 2. The van der Waals surface area contributed by atoms with Crippen molar-refractivity contribution in [2.45, 2.75) is 4.90 Å². The van der Waals surface area contributed by atoms with Crippen LogP contribution in [0.25, 0.3) is 0 Å². The molecular formula is C23H22FN3O3S. The van der Waals surface area contributed by atoms with Gasteiger partial charge in [0.25, 0.3) is 15.9 Å². The fourth-order valence-electron chi connectivity index (χ4n) is 3.56. The van der Waals surface area contributed by atoms with E-state index in [2.05, 4.69) is 4.72 Å². The summed E-state index contributed by atoms with van der Waals surface area (Å²) >= 11 is 0. The Morgan fingerprint density at radius 1 is 0.839 bits per heavy atom. The number of piperazine rings is 1. The van der Waals surface area contributed by atoms with Gasteiger partial charge in [-0.15, -0.1) is 0 Å². The van der Waals surface area contributed by atoms with E-state index in [9.17, 15) is 17.6 Å². The zero-order valence-corrected chi connectivity index (χ0v) is 17.6. The number of carbonyl (C=O) groups excluding carboxylic acids is 1. The Kier molecular flexibility index (Phi) is 5.90. The standard InChI is InChI=1S/C23H22FN3O3S/c24-21-11-4-5-12-22(21)26-13-15-27(16-14-26)23(28)18-7-6-10-20(17-18)31(29,30)25-19-8-2-1-3-9-19/h1-12,17,25H,13-16H2. The molecule has 1 fully saturated rings. The van der Waals surface area contributed by atoms with E-state index in [4.69, 9.17) is 0 Å². The second-order valence-electron chi connectivity index (χ2n) is 7.23. The fourth-order valence-corrected chi connectivity index (χ4v) is 4.66. The lowest BCUT2D eigenvalue weighted by Gasteiger charge is -2.36. The summed E-state index contributed by atoms with van der Waals surface area (Å²) in [4.78, 5) is 16.6. The summed E-state index contributed by atoms with van der Waals surface area (Å²) in [6.07, 6.45) is 0. The van der Waals surface area contributed by atoms with E-state index in [1.54, 1.807) is 65.6 Å². The molecule has 6 nitrogen and oxygen atoms in total. The van der Waals surface area contributed by atoms with Crippen LogP contribution in [0.5, 0.6) is 0 Å². The average Bonchev–Trinajstić information content (AvgIpc) is 2.79. The first kappa shape index (κ1) is 20.9. The molecule has 0 saturated carbocycles. The highest BCUT2D eigenvalue weighted by Crippen LogP contribution is 2.22. The predicted octanol–water partition coefficient (Wildman–Crippen LogP) is 3.59. The summed E-state index contributed by atoms with van der Waals surface area (Å²) in [6, 6.07) is 21.1. The van der Waals surface area contributed by atoms with Crippen LogP contribution in [0.2, 0.25) is 0 Å². The van der Waals surface area contributed by atoms with Crippen molar-refractivity contribution < 1.29 is 17.6 Å². The van der Waals surface area contributed by atoms with Crippen molar-refractivity contribution in [3.63, 3.8) is 0 Å². The first-order valence-electron chi connectivity index (χ1n) is 9.91. The molecule has 1 heterocycles. The van der Waals surface area contributed by atoms with Crippen molar-refractivity contribution in [2.75, 3.05) is 35.8 Å². The van der Waals surface area contributed by atoms with Crippen molar-refractivity contribution in [1.29, 1.82) is 0 Å². The number of anilines is 2. The van der Waals surface area contributed by atoms with E-state index in [0.717, 1.165) is 0 Å². The predicted molar refractivity (Wildman–Crippen MR) is 118 cm³/mol. The van der Waals surface area contributed by atoms with Crippen LogP contribution in [0.1, 0.15) is 10.4 Å². The van der Waals surface area contributed by atoms with Gasteiger partial charge in [-0.2, -0.15) is 0 Å². The SMILES string of the molecule is O=C(c1cccc(S(=O)(=O)Nc2ccccc2)c1)N1CCN(c2ccccc2F)CC1. The molecule has 1 saturated heterocycles. The van der Waals surface area contributed by atoms with Crippen molar-refractivity contribution in [1.82, 2.24) is 4.90 Å². The van der Waals surface area contributed by atoms with Crippen LogP contribution in [-0.2, 0) is 10.0 Å². The molecule has 0 aromatic heterocycles. The third-order valence-corrected chi connectivity index (χ3v) is 6.56. The average molecular weight is 440 g/mol. The number of hydrogen-bond donors (Lipinski definition) is 1. The first-order valence-corrected chi connectivity index (χ1v) is 11.4. The van der Waals surface area contributed by atoms with E-state index in [1.807, 2.05) is 4.90 Å². The molecule has 31 heavy (non-hydrogen) atoms. The topological polar surface area (TPSA) is 69.7 Å². The molecule has 3 aromatic carbocycles. The van der Waals surface area contributed by atoms with Gasteiger partial charge in [-0.3, -0.25) is 9.52 Å². The number of sulfonamides is 1. The van der Waals surface area contributed by atoms with Crippen LogP contribution in [0.3, 0.4) is 0 Å². The summed E-state index contributed by atoms with van der Waals surface area (Å²) in [5.41, 5.74) is 1.27. The van der Waals surface area contributed by atoms with Gasteiger partial charge in [-0.05, 0) is 42.5 Å². The molecule has 8 heteroatoms. The third-order valence-electron chi connectivity index (χ3n) is 5.18. The minimum Gasteiger partial charge on any atom is -0.366 e. The molecule has 4 rings (SSSR count). The van der Waals surface area contributed by atoms with Crippen molar-refractivity contribution >= 4 is 27.3 Å². The van der Waals surface area contributed by atoms with Crippen LogP contribution in [0, 0.1) is 5.82 Å². The van der Waals surface area contributed by atoms with Gasteiger partial charge in [0.2, 0.25) is 0 Å². The van der Waals surface area contributed by atoms with Crippen LogP contribution in [-0.4, -0.2) is 45.4 Å². The summed E-state index contributed by atoms with van der Waals surface area (Å²) in [5.74, 6) is -0.531. The molecule has 0 atom stereocenters. The number of halogens is 1. The molecule has 1 aliphatic rings. The minimum absolute atomic E-state index is 0.0206. The van der Waals surface area contributed by atoms with Crippen molar-refractivity contribution in [3.8, 4) is 0 Å². The lowest BCUT2D eigenvalue weighted by atomic mass is 10.1. The molecule has 1 aliphatic heterocycles. The maximum absolute atomic E-state index is 14.0. The Bertz CT molecular complexity index is 1180. The fraction of sp³-hybridized carbons (Fsp3) is 0.174. The van der Waals surface area contributed by atoms with Gasteiger partial charge in [0.15, 0.2) is 0 Å². The highest BCUT2D eigenvalue weighted by molar-refractivity contribution is 7.92. The minimum atomic E-state index is -3.82. The molecule has 3 aromatic rings. The molecule has 1 N–H and O–H groups in total. The van der Waals surface area contributed by atoms with E-state index in [0.29, 0.717) is 43.1 Å². The van der Waals surface area contributed by atoms with Gasteiger partial charge in [0.05, 0.1) is 10.6 Å². The summed E-state index contributed by atoms with van der Waals surface area (Å²) < 4.78 is 41.9. The van der Waals surface area contributed by atoms with Crippen LogP contribution in [0.4, 0.5) is 15.8 Å². The van der Waals surface area contributed by atoms with Gasteiger partial charge < -0.3 is 9.80 Å². The Labute approximate surface area is 181 Å². The summed E-state index contributed by atoms with van der Waals surface area (Å²) in [7, 11) is -3.82. The molecular weight excluding hydrogens is 417 g/mol. The van der Waals surface area contributed by atoms with E-state index in [-0.39, 0.29) is 16.6 Å². The molecule has 0 aliphatic carbocycles. The monoisotopic (exact) mass is 439 g/mol. The maximum Gasteiger partial charge on any atom is 0.261 e. The largest absolute Gasteiger partial charge is 0.366 e. The van der Waals surface area contributed by atoms with Gasteiger partial charge in [0, 0.05) is 37.4 Å². The van der Waals surface area contributed by atoms with E-state index >= 15 is 0 Å². The molecule has 0 radical (unpaired) electrons. The number of benzene rings is 3. The van der Waals surface area contributed by atoms with Crippen molar-refractivity contribution in [2.24, 2.45) is 0 Å². The molecule has 1 amide bonds. The zero-order chi connectivity index (χ0) is 21.8. The number of amides is 1. The molecule has 160 valence electrons. The molecule has 0 spiro atoms.